The molecule has 1 heterocycles. The molecule has 4 heteroatoms. The molecule has 1 unspecified atom stereocenters. The van der Waals surface area contributed by atoms with Gasteiger partial charge in [-0.25, -0.2) is 0 Å². The number of hydrogen-bond donors (Lipinski definition) is 1. The second-order valence-corrected chi connectivity index (χ2v) is 11.6. The Hall–Kier alpha value is -0.450. The number of carbonyl (C=O) groups is 1. The van der Waals surface area contributed by atoms with Gasteiger partial charge in [0, 0.05) is 18.4 Å². The Morgan fingerprint density at radius 2 is 1.90 bits per heavy atom. The molecule has 0 aromatic heterocycles. The van der Waals surface area contributed by atoms with Gasteiger partial charge in [0.05, 0.1) is 12.2 Å². The summed E-state index contributed by atoms with van der Waals surface area (Å²) in [6, 6.07) is 0. The van der Waals surface area contributed by atoms with Gasteiger partial charge >= 0.3 is 0 Å². The first-order valence-electron chi connectivity index (χ1n) is 12.3. The maximum atomic E-state index is 12.7. The van der Waals surface area contributed by atoms with E-state index in [1.54, 1.807) is 0 Å². The molecule has 0 aromatic rings. The highest BCUT2D eigenvalue weighted by Crippen LogP contribution is 2.66. The van der Waals surface area contributed by atoms with E-state index in [1.807, 2.05) is 6.92 Å². The molecule has 0 spiro atoms. The molecule has 5 rings (SSSR count). The lowest BCUT2D eigenvalue weighted by Gasteiger charge is -2.62. The third kappa shape index (κ3) is 3.32. The second-order valence-electron chi connectivity index (χ2n) is 11.6. The van der Waals surface area contributed by atoms with E-state index in [0.29, 0.717) is 29.5 Å². The van der Waals surface area contributed by atoms with Crippen LogP contribution in [0.15, 0.2) is 0 Å². The molecule has 29 heavy (non-hydrogen) atoms. The predicted molar refractivity (Wildman–Crippen MR) is 111 cm³/mol. The van der Waals surface area contributed by atoms with Gasteiger partial charge in [-0.3, -0.25) is 4.79 Å². The molecule has 1 N–H and O–H groups in total. The Balaban J connectivity index is 1.41. The van der Waals surface area contributed by atoms with E-state index in [1.165, 1.54) is 19.3 Å². The van der Waals surface area contributed by atoms with E-state index < -0.39 is 5.60 Å². The van der Waals surface area contributed by atoms with Gasteiger partial charge in [-0.05, 0) is 107 Å². The second kappa shape index (κ2) is 7.31. The van der Waals surface area contributed by atoms with Gasteiger partial charge in [-0.1, -0.05) is 6.92 Å². The fraction of sp³-hybridized carbons (Fsp3) is 0.960. The largest absolute Gasteiger partial charge is 0.390 e. The Morgan fingerprint density at radius 3 is 2.69 bits per heavy atom. The van der Waals surface area contributed by atoms with Crippen LogP contribution in [0.1, 0.15) is 90.9 Å². The molecular formula is C25H40O4. The van der Waals surface area contributed by atoms with Crippen LogP contribution in [0.5, 0.6) is 0 Å². The first-order valence-corrected chi connectivity index (χ1v) is 12.3. The molecule has 1 saturated heterocycles. The lowest BCUT2D eigenvalue weighted by molar-refractivity contribution is -0.225. The average Bonchev–Trinajstić information content (AvgIpc) is 3.02. The molecule has 8 atom stereocenters. The third-order valence-corrected chi connectivity index (χ3v) is 10.0. The van der Waals surface area contributed by atoms with Crippen LogP contribution in [-0.4, -0.2) is 36.0 Å². The highest BCUT2D eigenvalue weighted by molar-refractivity contribution is 5.87. The number of rotatable bonds is 3. The zero-order chi connectivity index (χ0) is 20.3. The van der Waals surface area contributed by atoms with Crippen LogP contribution in [0.25, 0.3) is 0 Å². The average molecular weight is 405 g/mol. The fourth-order valence-corrected chi connectivity index (χ4v) is 8.38. The van der Waals surface area contributed by atoms with Gasteiger partial charge in [-0.2, -0.15) is 0 Å². The molecule has 4 nitrogen and oxygen atoms in total. The number of carbonyl (C=O) groups excluding carboxylic acids is 1. The minimum atomic E-state index is -0.533. The molecule has 4 saturated carbocycles. The lowest BCUT2D eigenvalue weighted by atomic mass is 9.44. The predicted octanol–water partition coefficient (Wildman–Crippen LogP) is 4.87. The Bertz CT molecular complexity index is 639. The van der Waals surface area contributed by atoms with Crippen LogP contribution in [0, 0.1) is 34.5 Å². The summed E-state index contributed by atoms with van der Waals surface area (Å²) >= 11 is 0. The Labute approximate surface area is 176 Å². The summed E-state index contributed by atoms with van der Waals surface area (Å²) in [5.74, 6) is 2.94. The highest BCUT2D eigenvalue weighted by atomic mass is 16.7. The molecule has 1 aliphatic heterocycles. The number of Topliss-reactive ketones (excluding diaryl/α,β-unsaturated/α-hetero) is 1. The summed E-state index contributed by atoms with van der Waals surface area (Å²) in [6.07, 6.45) is 12.7. The quantitative estimate of drug-likeness (QED) is 0.729. The van der Waals surface area contributed by atoms with Crippen molar-refractivity contribution in [2.75, 3.05) is 13.2 Å². The smallest absolute Gasteiger partial charge is 0.157 e. The normalized spacial score (nSPS) is 52.5. The van der Waals surface area contributed by atoms with Gasteiger partial charge in [0.15, 0.2) is 6.29 Å². The molecule has 0 aromatic carbocycles. The molecule has 5 fully saturated rings. The van der Waals surface area contributed by atoms with E-state index in [9.17, 15) is 9.90 Å². The van der Waals surface area contributed by atoms with E-state index in [0.717, 1.165) is 71.0 Å². The molecule has 0 bridgehead atoms. The zero-order valence-electron chi connectivity index (χ0n) is 18.5. The van der Waals surface area contributed by atoms with E-state index in [4.69, 9.17) is 9.47 Å². The Kier molecular flexibility index (Phi) is 5.15. The van der Waals surface area contributed by atoms with Crippen LogP contribution in [0.2, 0.25) is 0 Å². The number of fused-ring (bicyclic) bond motifs is 5. The summed E-state index contributed by atoms with van der Waals surface area (Å²) in [7, 11) is 0. The van der Waals surface area contributed by atoms with Crippen LogP contribution >= 0.6 is 0 Å². The van der Waals surface area contributed by atoms with Crippen LogP contribution in [0.3, 0.4) is 0 Å². The maximum absolute atomic E-state index is 12.7. The topological polar surface area (TPSA) is 55.8 Å². The van der Waals surface area contributed by atoms with E-state index in [-0.39, 0.29) is 17.1 Å². The van der Waals surface area contributed by atoms with Crippen molar-refractivity contribution in [2.45, 2.75) is 103 Å². The van der Waals surface area contributed by atoms with Crippen molar-refractivity contribution in [3.8, 4) is 0 Å². The van der Waals surface area contributed by atoms with Crippen molar-refractivity contribution < 1.29 is 19.4 Å². The highest BCUT2D eigenvalue weighted by Gasteiger charge is 2.62. The lowest BCUT2D eigenvalue weighted by Crippen LogP contribution is -2.58. The molecule has 4 aliphatic carbocycles. The van der Waals surface area contributed by atoms with Crippen molar-refractivity contribution in [1.82, 2.24) is 0 Å². The minimum absolute atomic E-state index is 0.0384. The van der Waals surface area contributed by atoms with E-state index >= 15 is 0 Å². The van der Waals surface area contributed by atoms with Crippen molar-refractivity contribution >= 4 is 5.78 Å². The van der Waals surface area contributed by atoms with E-state index in [2.05, 4.69) is 6.92 Å². The van der Waals surface area contributed by atoms with Crippen LogP contribution < -0.4 is 0 Å². The zero-order valence-corrected chi connectivity index (χ0v) is 18.5. The van der Waals surface area contributed by atoms with Gasteiger partial charge < -0.3 is 14.6 Å². The molecule has 0 amide bonds. The Morgan fingerprint density at radius 1 is 1.03 bits per heavy atom. The number of ketones is 1. The summed E-state index contributed by atoms with van der Waals surface area (Å²) < 4.78 is 12.4. The summed E-state index contributed by atoms with van der Waals surface area (Å²) in [5, 5.41) is 10.9. The fourth-order valence-electron chi connectivity index (χ4n) is 8.38. The molecule has 5 aliphatic rings. The SMILES string of the molecule is C[C@@]1(O)CC[C@@]2(COC3CCCCO3)[C@@H](CC[C@@H]3[C@@H]2CC[C@]2(C)C(=O)CC[C@@H]32)C1. The number of aliphatic hydroxyl groups is 1. The van der Waals surface area contributed by atoms with Crippen molar-refractivity contribution in [3.05, 3.63) is 0 Å². The summed E-state index contributed by atoms with van der Waals surface area (Å²) in [4.78, 5) is 12.7. The first-order chi connectivity index (χ1) is 13.8. The minimum Gasteiger partial charge on any atom is -0.390 e. The van der Waals surface area contributed by atoms with Gasteiger partial charge in [0.1, 0.15) is 5.78 Å². The summed E-state index contributed by atoms with van der Waals surface area (Å²) in [5.41, 5.74) is -0.434. The summed E-state index contributed by atoms with van der Waals surface area (Å²) in [6.45, 7) is 5.91. The van der Waals surface area contributed by atoms with Gasteiger partial charge in [-0.15, -0.1) is 0 Å². The molecule has 0 radical (unpaired) electrons. The van der Waals surface area contributed by atoms with Gasteiger partial charge in [0.2, 0.25) is 0 Å². The molecular weight excluding hydrogens is 364 g/mol. The first kappa shape index (κ1) is 20.5. The van der Waals surface area contributed by atoms with Crippen molar-refractivity contribution in [1.29, 1.82) is 0 Å². The van der Waals surface area contributed by atoms with Crippen molar-refractivity contribution in [3.63, 3.8) is 0 Å². The van der Waals surface area contributed by atoms with Gasteiger partial charge in [0.25, 0.3) is 0 Å². The maximum Gasteiger partial charge on any atom is 0.157 e. The monoisotopic (exact) mass is 404 g/mol. The van der Waals surface area contributed by atoms with Crippen LogP contribution in [-0.2, 0) is 14.3 Å². The standard InChI is InChI=1S/C25H40O4/c1-23(27)12-13-25(16-29-22-5-3-4-14-28-22)17(15-23)6-7-18-19-8-9-21(26)24(19,2)11-10-20(18)25/h17-20,22,27H,3-16H2,1-2H3/t17-,18-,19-,20-,22?,23+,24-,25+/m0/s1. The number of ether oxygens (including phenoxy) is 2. The number of hydrogen-bond acceptors (Lipinski definition) is 4. The molecule has 164 valence electrons. The van der Waals surface area contributed by atoms with Crippen molar-refractivity contribution in [2.24, 2.45) is 34.5 Å². The third-order valence-electron chi connectivity index (χ3n) is 10.0. The van der Waals surface area contributed by atoms with Crippen LogP contribution in [0.4, 0.5) is 0 Å².